The van der Waals surface area contributed by atoms with Gasteiger partial charge in [0.15, 0.2) is 0 Å². The number of benzene rings is 1. The number of nitrogens with zero attached hydrogens (tertiary/aromatic N) is 3. The van der Waals surface area contributed by atoms with Crippen molar-refractivity contribution in [2.45, 2.75) is 24.8 Å². The fraction of sp³-hybridized carbons (Fsp3) is 0.294. The Morgan fingerprint density at radius 3 is 2.56 bits per heavy atom. The molecule has 0 saturated carbocycles. The predicted molar refractivity (Wildman–Crippen MR) is 93.3 cm³/mol. The number of rotatable bonds is 5. The third-order valence-corrected chi connectivity index (χ3v) is 5.10. The van der Waals surface area contributed by atoms with Crippen LogP contribution in [0.25, 0.3) is 0 Å². The maximum atomic E-state index is 12.8. The Morgan fingerprint density at radius 1 is 1.20 bits per heavy atom. The first kappa shape index (κ1) is 19.0. The zero-order valence-corrected chi connectivity index (χ0v) is 15.4. The van der Waals surface area contributed by atoms with E-state index in [2.05, 4.69) is 4.99 Å². The van der Waals surface area contributed by atoms with Gasteiger partial charge in [0.2, 0.25) is 0 Å². The number of sulfonamides is 1. The second kappa shape index (κ2) is 7.73. The van der Waals surface area contributed by atoms with Gasteiger partial charge in [-0.25, -0.2) is 8.42 Å². The van der Waals surface area contributed by atoms with Gasteiger partial charge in [0, 0.05) is 24.8 Å². The Morgan fingerprint density at radius 2 is 1.92 bits per heavy atom. The molecular weight excluding hydrogens is 342 g/mol. The van der Waals surface area contributed by atoms with E-state index in [-0.39, 0.29) is 22.4 Å². The van der Waals surface area contributed by atoms with Crippen molar-refractivity contribution in [1.82, 2.24) is 9.04 Å². The Kier molecular flexibility index (Phi) is 5.89. The molecule has 25 heavy (non-hydrogen) atoms. The molecule has 0 atom stereocenters. The maximum Gasteiger partial charge on any atom is 0.264 e. The number of carbonyl (C=O) groups excluding carboxylic acids is 1. The van der Waals surface area contributed by atoms with E-state index >= 15 is 0 Å². The molecule has 0 saturated heterocycles. The van der Waals surface area contributed by atoms with Gasteiger partial charge in [-0.1, -0.05) is 16.6 Å². The van der Waals surface area contributed by atoms with Gasteiger partial charge >= 0.3 is 0 Å². The first-order chi connectivity index (χ1) is 11.8. The Bertz CT molecular complexity index is 933. The van der Waals surface area contributed by atoms with Gasteiger partial charge in [-0.05, 0) is 44.2 Å². The molecule has 2 aromatic rings. The third kappa shape index (κ3) is 4.22. The minimum Gasteiger partial charge on any atom is -0.288 e. The smallest absolute Gasteiger partial charge is 0.264 e. The van der Waals surface area contributed by atoms with E-state index in [0.29, 0.717) is 5.49 Å². The summed E-state index contributed by atoms with van der Waals surface area (Å²) >= 11 is 0. The molecule has 134 valence electrons. The standard InChI is InChI=1S/C17H21N3O4S/c1-13(2)18-16-10-5-6-11-20(16)17(21)14-8-7-9-15(12-14)25(22,23)19(3)24-4/h5-13H,1-4H3. The molecule has 0 radical (unpaired) electrons. The van der Waals surface area contributed by atoms with E-state index in [0.717, 1.165) is 4.47 Å². The summed E-state index contributed by atoms with van der Waals surface area (Å²) in [5, 5.41) is 0. The molecule has 2 rings (SSSR count). The second-order valence-electron chi connectivity index (χ2n) is 5.58. The van der Waals surface area contributed by atoms with Crippen LogP contribution < -0.4 is 5.49 Å². The van der Waals surface area contributed by atoms with Gasteiger partial charge < -0.3 is 0 Å². The highest BCUT2D eigenvalue weighted by Crippen LogP contribution is 2.16. The van der Waals surface area contributed by atoms with E-state index in [1.54, 1.807) is 30.5 Å². The highest BCUT2D eigenvalue weighted by molar-refractivity contribution is 7.89. The summed E-state index contributed by atoms with van der Waals surface area (Å²) in [5.41, 5.74) is 0.742. The molecule has 0 bridgehead atoms. The Hall–Kier alpha value is -2.29. The molecule has 0 unspecified atom stereocenters. The van der Waals surface area contributed by atoms with Crippen LogP contribution in [0, 0.1) is 0 Å². The van der Waals surface area contributed by atoms with Gasteiger partial charge in [-0.15, -0.1) is 0 Å². The van der Waals surface area contributed by atoms with E-state index in [1.165, 1.54) is 36.9 Å². The number of pyridine rings is 1. The lowest BCUT2D eigenvalue weighted by atomic mass is 10.2. The average molecular weight is 363 g/mol. The van der Waals surface area contributed by atoms with Gasteiger partial charge in [0.25, 0.3) is 15.9 Å². The molecular formula is C17H21N3O4S. The molecule has 0 aliphatic rings. The molecule has 1 heterocycles. The predicted octanol–water partition coefficient (Wildman–Crippen LogP) is 1.67. The third-order valence-electron chi connectivity index (χ3n) is 3.42. The Balaban J connectivity index is 2.52. The fourth-order valence-electron chi connectivity index (χ4n) is 2.15. The zero-order valence-electron chi connectivity index (χ0n) is 14.6. The van der Waals surface area contributed by atoms with Crippen molar-refractivity contribution < 1.29 is 18.0 Å². The van der Waals surface area contributed by atoms with Crippen LogP contribution in [0.4, 0.5) is 0 Å². The molecule has 0 aliphatic heterocycles. The topological polar surface area (TPSA) is 81.0 Å². The van der Waals surface area contributed by atoms with Crippen LogP contribution in [0.3, 0.4) is 0 Å². The first-order valence-electron chi connectivity index (χ1n) is 7.66. The number of carbonyl (C=O) groups is 1. The van der Waals surface area contributed by atoms with Gasteiger partial charge in [0.1, 0.15) is 5.49 Å². The number of hydrogen-bond donors (Lipinski definition) is 0. The van der Waals surface area contributed by atoms with Crippen molar-refractivity contribution in [2.75, 3.05) is 14.2 Å². The lowest BCUT2D eigenvalue weighted by molar-refractivity contribution is -0.0258. The van der Waals surface area contributed by atoms with Gasteiger partial charge in [0.05, 0.1) is 12.0 Å². The lowest BCUT2D eigenvalue weighted by Crippen LogP contribution is -2.29. The van der Waals surface area contributed by atoms with Crippen LogP contribution in [0.1, 0.15) is 24.2 Å². The lowest BCUT2D eigenvalue weighted by Gasteiger charge is -2.14. The zero-order chi connectivity index (χ0) is 18.6. The van der Waals surface area contributed by atoms with E-state index < -0.39 is 10.0 Å². The van der Waals surface area contributed by atoms with Crippen molar-refractivity contribution in [1.29, 1.82) is 0 Å². The fourth-order valence-corrected chi connectivity index (χ4v) is 3.17. The van der Waals surface area contributed by atoms with Crippen molar-refractivity contribution >= 4 is 15.9 Å². The van der Waals surface area contributed by atoms with Gasteiger partial charge in [-0.3, -0.25) is 19.2 Å². The molecule has 8 heteroatoms. The summed E-state index contributed by atoms with van der Waals surface area (Å²) in [7, 11) is -1.29. The molecule has 7 nitrogen and oxygen atoms in total. The summed E-state index contributed by atoms with van der Waals surface area (Å²) in [5.74, 6) is -0.364. The van der Waals surface area contributed by atoms with Crippen molar-refractivity contribution in [2.24, 2.45) is 4.99 Å². The second-order valence-corrected chi connectivity index (χ2v) is 7.52. The minimum atomic E-state index is -3.83. The van der Waals surface area contributed by atoms with E-state index in [4.69, 9.17) is 4.84 Å². The van der Waals surface area contributed by atoms with Crippen LogP contribution in [0.5, 0.6) is 0 Å². The quantitative estimate of drug-likeness (QED) is 0.757. The monoisotopic (exact) mass is 363 g/mol. The average Bonchev–Trinajstić information content (AvgIpc) is 2.60. The molecule has 1 aromatic carbocycles. The minimum absolute atomic E-state index is 0.0171. The first-order valence-corrected chi connectivity index (χ1v) is 9.10. The van der Waals surface area contributed by atoms with Crippen molar-refractivity contribution in [3.63, 3.8) is 0 Å². The van der Waals surface area contributed by atoms with Crippen LogP contribution in [-0.4, -0.2) is 43.6 Å². The van der Waals surface area contributed by atoms with Crippen LogP contribution >= 0.6 is 0 Å². The number of aromatic nitrogens is 1. The summed E-state index contributed by atoms with van der Waals surface area (Å²) in [6.45, 7) is 3.82. The summed E-state index contributed by atoms with van der Waals surface area (Å²) in [4.78, 5) is 22.0. The van der Waals surface area contributed by atoms with Gasteiger partial charge in [-0.2, -0.15) is 0 Å². The van der Waals surface area contributed by atoms with E-state index in [9.17, 15) is 13.2 Å². The normalized spacial score (nSPS) is 12.8. The van der Waals surface area contributed by atoms with Crippen LogP contribution in [0.2, 0.25) is 0 Å². The SMILES string of the molecule is CON(C)S(=O)(=O)c1cccc(C(=O)n2ccccc2=NC(C)C)c1. The molecule has 0 aliphatic carbocycles. The summed E-state index contributed by atoms with van der Waals surface area (Å²) in [6, 6.07) is 11.1. The molecule has 0 spiro atoms. The van der Waals surface area contributed by atoms with Crippen molar-refractivity contribution in [3.8, 4) is 0 Å². The number of hydrogen-bond acceptors (Lipinski definition) is 5. The molecule has 0 amide bonds. The Labute approximate surface area is 147 Å². The van der Waals surface area contributed by atoms with Crippen LogP contribution in [0.15, 0.2) is 58.5 Å². The van der Waals surface area contributed by atoms with Crippen molar-refractivity contribution in [3.05, 3.63) is 59.7 Å². The molecule has 1 aromatic heterocycles. The maximum absolute atomic E-state index is 12.8. The van der Waals surface area contributed by atoms with Crippen LogP contribution in [-0.2, 0) is 14.9 Å². The largest absolute Gasteiger partial charge is 0.288 e. The highest BCUT2D eigenvalue weighted by atomic mass is 32.2. The molecule has 0 fully saturated rings. The summed E-state index contributed by atoms with van der Waals surface area (Å²) in [6.07, 6.45) is 1.60. The summed E-state index contributed by atoms with van der Waals surface area (Å²) < 4.78 is 26.8. The number of hydroxylamine groups is 1. The molecule has 0 N–H and O–H groups in total. The van der Waals surface area contributed by atoms with E-state index in [1.807, 2.05) is 13.8 Å². The highest BCUT2D eigenvalue weighted by Gasteiger charge is 2.22.